The second-order valence-electron chi connectivity index (χ2n) is 9.10. The highest BCUT2D eigenvalue weighted by atomic mass is 32.2. The van der Waals surface area contributed by atoms with Crippen molar-refractivity contribution in [2.24, 2.45) is 5.92 Å². The molecule has 8 heteroatoms. The van der Waals surface area contributed by atoms with Crippen LogP contribution in [-0.2, 0) is 21.8 Å². The number of benzene rings is 1. The summed E-state index contributed by atoms with van der Waals surface area (Å²) in [6, 6.07) is 8.29. The molecule has 1 aromatic carbocycles. The number of rotatable bonds is 5. The molecule has 1 aliphatic heterocycles. The molecule has 0 spiro atoms. The molecular weight excluding hydrogens is 414 g/mol. The van der Waals surface area contributed by atoms with Gasteiger partial charge in [-0.3, -0.25) is 0 Å². The number of fused-ring (bicyclic) bond motifs is 1. The van der Waals surface area contributed by atoms with Gasteiger partial charge in [-0.15, -0.1) is 0 Å². The monoisotopic (exact) mass is 444 g/mol. The SMILES string of the molecule is COc1ccc(S(=O)(=O)c2ccc3c(c2)nc(C(C)(C)C)n3CC2CC[OH+]CC2)cn1. The van der Waals surface area contributed by atoms with Crippen molar-refractivity contribution in [3.8, 4) is 5.88 Å². The number of sulfone groups is 1. The van der Waals surface area contributed by atoms with Gasteiger partial charge in [0.15, 0.2) is 0 Å². The molecule has 1 fully saturated rings. The molecule has 0 bridgehead atoms. The predicted molar refractivity (Wildman–Crippen MR) is 119 cm³/mol. The molecule has 0 unspecified atom stereocenters. The van der Waals surface area contributed by atoms with E-state index < -0.39 is 9.84 Å². The van der Waals surface area contributed by atoms with Crippen LogP contribution < -0.4 is 4.74 Å². The maximum absolute atomic E-state index is 13.2. The van der Waals surface area contributed by atoms with Crippen molar-refractivity contribution in [2.75, 3.05) is 20.3 Å². The molecule has 1 aliphatic rings. The van der Waals surface area contributed by atoms with Gasteiger partial charge in [0.2, 0.25) is 15.7 Å². The first-order chi connectivity index (χ1) is 14.7. The fourth-order valence-electron chi connectivity index (χ4n) is 4.06. The number of methoxy groups -OCH3 is 1. The number of aliphatic hydroxyl groups is 2. The Balaban J connectivity index is 1.76. The van der Waals surface area contributed by atoms with E-state index in [9.17, 15) is 8.42 Å². The molecule has 0 saturated carbocycles. The summed E-state index contributed by atoms with van der Waals surface area (Å²) in [7, 11) is -2.21. The fourth-order valence-corrected chi connectivity index (χ4v) is 5.29. The van der Waals surface area contributed by atoms with Crippen LogP contribution in [0.5, 0.6) is 5.88 Å². The van der Waals surface area contributed by atoms with Crippen molar-refractivity contribution < 1.29 is 17.9 Å². The van der Waals surface area contributed by atoms with Crippen molar-refractivity contribution in [1.29, 1.82) is 0 Å². The number of aromatic nitrogens is 3. The lowest BCUT2D eigenvalue weighted by atomic mass is 9.94. The minimum atomic E-state index is -3.70. The average Bonchev–Trinajstić information content (AvgIpc) is 3.13. The van der Waals surface area contributed by atoms with Crippen molar-refractivity contribution in [3.63, 3.8) is 0 Å². The van der Waals surface area contributed by atoms with Crippen LogP contribution in [0.4, 0.5) is 0 Å². The smallest absolute Gasteiger partial charge is 0.212 e. The normalized spacial score (nSPS) is 16.0. The Morgan fingerprint density at radius 1 is 1.13 bits per heavy atom. The molecule has 31 heavy (non-hydrogen) atoms. The summed E-state index contributed by atoms with van der Waals surface area (Å²) in [6.45, 7) is 9.14. The zero-order chi connectivity index (χ0) is 22.2. The Morgan fingerprint density at radius 2 is 1.84 bits per heavy atom. The van der Waals surface area contributed by atoms with E-state index in [0.29, 0.717) is 17.3 Å². The van der Waals surface area contributed by atoms with Crippen molar-refractivity contribution in [2.45, 2.75) is 55.4 Å². The fraction of sp³-hybridized carbons (Fsp3) is 0.478. The van der Waals surface area contributed by atoms with Gasteiger partial charge in [-0.05, 0) is 30.2 Å². The van der Waals surface area contributed by atoms with Crippen LogP contribution in [0.2, 0.25) is 0 Å². The Bertz CT molecular complexity index is 1170. The molecule has 0 amide bonds. The molecule has 1 saturated heterocycles. The Kier molecular flexibility index (Phi) is 5.79. The van der Waals surface area contributed by atoms with Gasteiger partial charge in [-0.1, -0.05) is 20.8 Å². The summed E-state index contributed by atoms with van der Waals surface area (Å²) in [5, 5.41) is 0. The molecule has 2 aromatic heterocycles. The van der Waals surface area contributed by atoms with Gasteiger partial charge in [0.25, 0.3) is 0 Å². The first-order valence-corrected chi connectivity index (χ1v) is 12.1. The summed E-state index contributed by atoms with van der Waals surface area (Å²) in [4.78, 5) is 9.27. The van der Waals surface area contributed by atoms with Crippen LogP contribution in [0.25, 0.3) is 11.0 Å². The average molecular weight is 445 g/mol. The van der Waals surface area contributed by atoms with E-state index in [4.69, 9.17) is 9.72 Å². The molecule has 0 atom stereocenters. The maximum Gasteiger partial charge on any atom is 0.212 e. The van der Waals surface area contributed by atoms with Gasteiger partial charge in [-0.25, -0.2) is 18.4 Å². The van der Waals surface area contributed by atoms with E-state index in [-0.39, 0.29) is 15.2 Å². The molecule has 166 valence electrons. The van der Waals surface area contributed by atoms with Crippen LogP contribution in [0.1, 0.15) is 39.4 Å². The number of imidazole rings is 1. The van der Waals surface area contributed by atoms with E-state index in [2.05, 4.69) is 35.1 Å². The third-order valence-corrected chi connectivity index (χ3v) is 7.50. The summed E-state index contributed by atoms with van der Waals surface area (Å²) in [6.07, 6.45) is 3.49. The standard InChI is InChI=1S/C23H29N3O4S/c1-23(2,3)22-25-19-13-17(31(27,28)18-6-8-21(29-4)24-14-18)5-7-20(19)26(22)15-16-9-11-30-12-10-16/h5-8,13-14,16H,9-12,15H2,1-4H3/p+1. The Morgan fingerprint density at radius 3 is 2.45 bits per heavy atom. The first kappa shape index (κ1) is 21.8. The second kappa shape index (κ2) is 8.24. The summed E-state index contributed by atoms with van der Waals surface area (Å²) < 4.78 is 38.1. The van der Waals surface area contributed by atoms with Crippen LogP contribution in [0, 0.1) is 5.92 Å². The van der Waals surface area contributed by atoms with Gasteiger partial charge in [0.1, 0.15) is 19.0 Å². The number of ether oxygens (including phenoxy) is 2. The van der Waals surface area contributed by atoms with Gasteiger partial charge < -0.3 is 14.0 Å². The highest BCUT2D eigenvalue weighted by Crippen LogP contribution is 2.31. The molecule has 7 nitrogen and oxygen atoms in total. The van der Waals surface area contributed by atoms with Crippen LogP contribution in [0.15, 0.2) is 46.3 Å². The van der Waals surface area contributed by atoms with E-state index in [1.54, 1.807) is 18.2 Å². The Hall–Kier alpha value is -2.45. The van der Waals surface area contributed by atoms with E-state index in [1.807, 2.05) is 6.07 Å². The topological polar surface area (TPSA) is 86.9 Å². The minimum absolute atomic E-state index is 0.133. The van der Waals surface area contributed by atoms with Crippen LogP contribution >= 0.6 is 0 Å². The first-order valence-electron chi connectivity index (χ1n) is 10.6. The van der Waals surface area contributed by atoms with Gasteiger partial charge in [0.05, 0.1) is 27.9 Å². The maximum atomic E-state index is 13.2. The molecule has 0 radical (unpaired) electrons. The lowest BCUT2D eigenvalue weighted by Gasteiger charge is -2.25. The third-order valence-electron chi connectivity index (χ3n) is 5.76. The lowest BCUT2D eigenvalue weighted by molar-refractivity contribution is -0.0810. The quantitative estimate of drug-likeness (QED) is 0.562. The van der Waals surface area contributed by atoms with E-state index >= 15 is 0 Å². The third kappa shape index (κ3) is 4.32. The second-order valence-corrected chi connectivity index (χ2v) is 11.1. The number of nitrogens with zero attached hydrogens (tertiary/aromatic N) is 3. The Labute approximate surface area is 183 Å². The molecular formula is C23H30N3O4S+. The van der Waals surface area contributed by atoms with Crippen molar-refractivity contribution in [1.82, 2.24) is 14.5 Å². The predicted octanol–water partition coefficient (Wildman–Crippen LogP) is 3.51. The number of hydrogen-bond donors (Lipinski definition) is 0. The van der Waals surface area contributed by atoms with Crippen LogP contribution in [-0.4, -0.2) is 48.0 Å². The highest BCUT2D eigenvalue weighted by Gasteiger charge is 2.27. The summed E-state index contributed by atoms with van der Waals surface area (Å²) in [5.74, 6) is 1.91. The van der Waals surface area contributed by atoms with Crippen molar-refractivity contribution >= 4 is 20.9 Å². The lowest BCUT2D eigenvalue weighted by Crippen LogP contribution is -2.26. The number of pyridine rings is 1. The number of hydrogen-bond acceptors (Lipinski definition) is 5. The zero-order valence-corrected chi connectivity index (χ0v) is 19.3. The van der Waals surface area contributed by atoms with Crippen LogP contribution in [0.3, 0.4) is 0 Å². The van der Waals surface area contributed by atoms with E-state index in [0.717, 1.165) is 43.9 Å². The molecule has 3 aromatic rings. The minimum Gasteiger partial charge on any atom is -0.481 e. The van der Waals surface area contributed by atoms with Gasteiger partial charge in [0, 0.05) is 37.1 Å². The van der Waals surface area contributed by atoms with Gasteiger partial charge in [-0.2, -0.15) is 0 Å². The van der Waals surface area contributed by atoms with E-state index in [1.165, 1.54) is 19.4 Å². The van der Waals surface area contributed by atoms with Crippen molar-refractivity contribution in [3.05, 3.63) is 42.4 Å². The molecule has 1 N–H and O–H groups in total. The molecule has 4 rings (SSSR count). The van der Waals surface area contributed by atoms with Gasteiger partial charge >= 0.3 is 0 Å². The highest BCUT2D eigenvalue weighted by molar-refractivity contribution is 7.91. The zero-order valence-electron chi connectivity index (χ0n) is 18.5. The summed E-state index contributed by atoms with van der Waals surface area (Å²) >= 11 is 0. The molecule has 3 heterocycles. The largest absolute Gasteiger partial charge is 0.481 e. The summed E-state index contributed by atoms with van der Waals surface area (Å²) in [5.41, 5.74) is 1.52. The molecule has 0 aliphatic carbocycles.